The van der Waals surface area contributed by atoms with E-state index in [2.05, 4.69) is 25.8 Å². The molecule has 418 valence electrons. The summed E-state index contributed by atoms with van der Waals surface area (Å²) in [5, 5.41) is 90.9. The van der Waals surface area contributed by atoms with Gasteiger partial charge in [-0.1, -0.05) is 6.08 Å². The Kier molecular flexibility index (Phi) is 35.8. The number of rotatable bonds is 15. The molecule has 2 aromatic carbocycles. The van der Waals surface area contributed by atoms with E-state index in [1.807, 2.05) is 0 Å². The number of ether oxygens (including phenoxy) is 3. The van der Waals surface area contributed by atoms with Crippen molar-refractivity contribution in [3.63, 3.8) is 0 Å². The van der Waals surface area contributed by atoms with Gasteiger partial charge in [0.1, 0.15) is 72.8 Å². The zero-order valence-electron chi connectivity index (χ0n) is 41.0. The largest absolute Gasteiger partial charge is 1.00 e. The Morgan fingerprint density at radius 3 is 1.19 bits per heavy atom. The Labute approximate surface area is 484 Å². The molecule has 0 saturated heterocycles. The summed E-state index contributed by atoms with van der Waals surface area (Å²) in [7, 11) is 10.2. The molecule has 78 heavy (non-hydrogen) atoms. The number of esters is 1. The summed E-state index contributed by atoms with van der Waals surface area (Å²) in [6.45, 7) is -1.72. The maximum absolute atomic E-state index is 11.8. The van der Waals surface area contributed by atoms with Gasteiger partial charge < -0.3 is 87.7 Å². The predicted molar refractivity (Wildman–Crippen MR) is 274 cm³/mol. The number of methoxy groups -OCH3 is 2. The number of carbonyl (C=O) groups is 2. The summed E-state index contributed by atoms with van der Waals surface area (Å²) in [4.78, 5) is 65.2. The number of hydrogen-bond acceptors (Lipinski definition) is 24. The van der Waals surface area contributed by atoms with Crippen molar-refractivity contribution in [3.05, 3.63) is 183 Å². The van der Waals surface area contributed by atoms with Crippen LogP contribution in [0.5, 0.6) is 34.5 Å². The van der Waals surface area contributed by atoms with Crippen LogP contribution in [0, 0.1) is 0 Å². The van der Waals surface area contributed by atoms with Crippen LogP contribution < -0.4 is 65.9 Å². The van der Waals surface area contributed by atoms with E-state index in [9.17, 15) is 44.1 Å². The third-order valence-corrected chi connectivity index (χ3v) is 9.34. The van der Waals surface area contributed by atoms with Gasteiger partial charge >= 0.3 is 35.5 Å². The number of hydrogen-bond donors (Lipinski definition) is 9. The normalized spacial score (nSPS) is 10.2. The number of aliphatic hydroxyl groups is 5. The van der Waals surface area contributed by atoms with Gasteiger partial charge in [-0.25, -0.2) is 9.00 Å². The van der Waals surface area contributed by atoms with Gasteiger partial charge in [0.25, 0.3) is 0 Å². The molecule has 30 heteroatoms. The average molecular weight is 1200 g/mol. The first-order valence-corrected chi connectivity index (χ1v) is 24.7. The van der Waals surface area contributed by atoms with Crippen LogP contribution >= 0.6 is 44.6 Å². The van der Waals surface area contributed by atoms with Crippen LogP contribution in [-0.4, -0.2) is 76.3 Å². The molecule has 4 heterocycles. The number of aliphatic hydroxyl groups excluding tert-OH is 5. The van der Waals surface area contributed by atoms with Crippen LogP contribution in [0.25, 0.3) is 12.2 Å². The standard InChI is InChI=1S/C18H18O8.C12H14O5.2C6H5ClO3.C6H6O4.Cl2OS.Na/c1-24-17-5-11(4-12(7-19)14(17)8-20)2-3-18(23)26-9-13-6-15(21)16(22)10-25-13;1-17-11-5-8(2-3-12(15)16)4-9(6-13)10(11)7-14;3*7-2-4-1-5(8)6(9)3-10-4;1-4(2)3;/h2-6,10,19-20,22H,7-9H2,1H3;2-5,13-14H,6-7H2,1H3,(H,15,16);2*1,3,9H,2H2;1,3,7,9H,2H2;;/q;;;;;;+1/p-1/b2*3-2+;;;;;. The number of carbonyl (C=O) groups excluding carboxylic acids is 2. The molecule has 0 aliphatic heterocycles. The molecule has 0 amide bonds. The van der Waals surface area contributed by atoms with Gasteiger partial charge in [-0.3, -0.25) is 19.2 Å². The monoisotopic (exact) mass is 1200 g/mol. The average Bonchev–Trinajstić information content (AvgIpc) is 3.42. The second kappa shape index (κ2) is 39.0. The minimum Gasteiger partial charge on any atom is -0.545 e. The number of carboxylic acid groups (broad SMARTS) is 1. The second-order valence-electron chi connectivity index (χ2n) is 13.9. The van der Waals surface area contributed by atoms with E-state index in [4.69, 9.17) is 90.6 Å². The summed E-state index contributed by atoms with van der Waals surface area (Å²) in [5.74, 6) is -1.76. The molecule has 0 aliphatic carbocycles. The van der Waals surface area contributed by atoms with Crippen molar-refractivity contribution in [3.8, 4) is 34.5 Å². The number of carboxylic acids is 1. The number of alkyl halides is 2. The van der Waals surface area contributed by atoms with Gasteiger partial charge in [0.2, 0.25) is 30.9 Å². The van der Waals surface area contributed by atoms with Crippen LogP contribution in [0.1, 0.15) is 56.4 Å². The first-order chi connectivity index (χ1) is 36.5. The van der Waals surface area contributed by atoms with E-state index in [-0.39, 0.29) is 92.5 Å². The molecule has 4 aromatic heterocycles. The Bertz CT molecular complexity index is 2980. The summed E-state index contributed by atoms with van der Waals surface area (Å²) in [6.07, 6.45) is 8.54. The van der Waals surface area contributed by atoms with Crippen molar-refractivity contribution in [2.24, 2.45) is 0 Å². The number of benzene rings is 2. The first-order valence-electron chi connectivity index (χ1n) is 20.8. The van der Waals surface area contributed by atoms with Crippen LogP contribution in [0.2, 0.25) is 0 Å². The Morgan fingerprint density at radius 1 is 0.551 bits per heavy atom. The molecular weight excluding hydrogens is 1160 g/mol. The summed E-state index contributed by atoms with van der Waals surface area (Å²) < 4.78 is 43.2. The van der Waals surface area contributed by atoms with Crippen LogP contribution in [0.15, 0.2) is 123 Å². The minimum absolute atomic E-state index is 0. The first kappa shape index (κ1) is 71.6. The molecular formula is C48H47Cl4NaO24S. The zero-order chi connectivity index (χ0) is 58.2. The third-order valence-electron chi connectivity index (χ3n) is 8.81. The molecule has 24 nitrogen and oxygen atoms in total. The minimum atomic E-state index is -1.67. The molecule has 0 spiro atoms. The van der Waals surface area contributed by atoms with Crippen molar-refractivity contribution in [1.82, 2.24) is 0 Å². The van der Waals surface area contributed by atoms with Gasteiger partial charge in [0, 0.05) is 62.8 Å². The Morgan fingerprint density at radius 2 is 0.885 bits per heavy atom. The van der Waals surface area contributed by atoms with Gasteiger partial charge in [-0.15, -0.1) is 23.2 Å². The number of halogens is 4. The molecule has 6 rings (SSSR count). The maximum atomic E-state index is 11.8. The fraction of sp³-hybridized carbons (Fsp3) is 0.208. The molecule has 0 atom stereocenters. The Hall–Kier alpha value is -6.43. The molecule has 0 aliphatic rings. The maximum Gasteiger partial charge on any atom is 1.00 e. The van der Waals surface area contributed by atoms with E-state index in [1.54, 1.807) is 24.3 Å². The van der Waals surface area contributed by atoms with Crippen molar-refractivity contribution in [2.45, 2.75) is 51.4 Å². The molecule has 6 aromatic rings. The van der Waals surface area contributed by atoms with E-state index in [0.717, 1.165) is 61.5 Å². The Balaban J connectivity index is 0.000000985. The zero-order valence-corrected chi connectivity index (χ0v) is 46.8. The van der Waals surface area contributed by atoms with Crippen molar-refractivity contribution in [2.75, 3.05) is 14.2 Å². The van der Waals surface area contributed by atoms with Crippen LogP contribution in [0.4, 0.5) is 0 Å². The molecule has 0 fully saturated rings. The fourth-order valence-electron chi connectivity index (χ4n) is 5.24. The summed E-state index contributed by atoms with van der Waals surface area (Å²) in [5.41, 5.74) is 0.918. The van der Waals surface area contributed by atoms with Crippen molar-refractivity contribution >= 4 is 77.9 Å². The molecule has 0 bridgehead atoms. The summed E-state index contributed by atoms with van der Waals surface area (Å²) >= 11 is 10.7. The number of aromatic hydroxyl groups is 4. The van der Waals surface area contributed by atoms with Gasteiger partial charge in [-0.2, -0.15) is 0 Å². The van der Waals surface area contributed by atoms with Gasteiger partial charge in [0.05, 0.1) is 58.4 Å². The molecule has 9 N–H and O–H groups in total. The van der Waals surface area contributed by atoms with Crippen molar-refractivity contribution < 1.29 is 126 Å². The third kappa shape index (κ3) is 26.8. The van der Waals surface area contributed by atoms with E-state index >= 15 is 0 Å². The SMILES string of the molecule is COc1cc(/C=C/C(=O)OCc2cc(=O)c(O)co2)cc(CO)c1CO.COc1cc(/C=C/C(=O)[O-])cc(CO)c1CO.O=S(Cl)Cl.O=c1cc(CCl)occ1O.O=c1cc(CCl)occ1O.O=c1cc(CO)occ1O.[Na+]. The summed E-state index contributed by atoms with van der Waals surface area (Å²) in [6, 6.07) is 10.7. The van der Waals surface area contributed by atoms with Crippen molar-refractivity contribution in [1.29, 1.82) is 0 Å². The van der Waals surface area contributed by atoms with Crippen LogP contribution in [-0.2, 0) is 75.0 Å². The molecule has 0 saturated carbocycles. The van der Waals surface area contributed by atoms with E-state index in [1.165, 1.54) is 26.4 Å². The smallest absolute Gasteiger partial charge is 0.545 e. The van der Waals surface area contributed by atoms with E-state index in [0.29, 0.717) is 56.4 Å². The van der Waals surface area contributed by atoms with Gasteiger partial charge in [0.15, 0.2) is 23.0 Å². The number of aliphatic carboxylic acids is 1. The van der Waals surface area contributed by atoms with Gasteiger partial charge in [-0.05, 0) is 58.7 Å². The van der Waals surface area contributed by atoms with Crippen LogP contribution in [0.3, 0.4) is 0 Å². The second-order valence-corrected chi connectivity index (χ2v) is 17.0. The molecule has 0 unspecified atom stereocenters. The topological polar surface area (TPSA) is 405 Å². The molecule has 0 radical (unpaired) electrons. The van der Waals surface area contributed by atoms with E-state index < -0.39 is 65.9 Å². The predicted octanol–water partition coefficient (Wildman–Crippen LogP) is 0.591. The fourth-order valence-corrected chi connectivity index (χ4v) is 5.52. The quantitative estimate of drug-likeness (QED) is 0.0223.